The van der Waals surface area contributed by atoms with E-state index in [2.05, 4.69) is 20.9 Å². The summed E-state index contributed by atoms with van der Waals surface area (Å²) >= 11 is 0. The first-order valence-corrected chi connectivity index (χ1v) is 11.1. The molecule has 1 rings (SSSR count). The normalized spacial score (nSPS) is 13.8. The number of nitrogens with one attached hydrogen (secondary N) is 3. The Morgan fingerprint density at radius 1 is 0.917 bits per heavy atom. The van der Waals surface area contributed by atoms with Crippen LogP contribution >= 0.6 is 0 Å². The van der Waals surface area contributed by atoms with Crippen LogP contribution in [0.5, 0.6) is 0 Å². The van der Waals surface area contributed by atoms with E-state index in [0.29, 0.717) is 5.56 Å². The van der Waals surface area contributed by atoms with E-state index in [4.69, 9.17) is 22.3 Å². The Bertz CT molecular complexity index is 951. The lowest BCUT2D eigenvalue weighted by atomic mass is 10.0. The van der Waals surface area contributed by atoms with Gasteiger partial charge in [-0.25, -0.2) is 4.79 Å². The van der Waals surface area contributed by atoms with Crippen molar-refractivity contribution in [1.82, 2.24) is 16.0 Å². The Morgan fingerprint density at radius 2 is 1.53 bits per heavy atom. The van der Waals surface area contributed by atoms with Crippen LogP contribution in [-0.4, -0.2) is 76.5 Å². The molecule has 36 heavy (non-hydrogen) atoms. The fourth-order valence-electron chi connectivity index (χ4n) is 3.06. The smallest absolute Gasteiger partial charge is 0.326 e. The summed E-state index contributed by atoms with van der Waals surface area (Å²) in [4.78, 5) is 63.9. The number of nitrogens with zero attached hydrogens (tertiary/aromatic N) is 1. The first-order chi connectivity index (χ1) is 16.9. The van der Waals surface area contributed by atoms with Gasteiger partial charge in [0, 0.05) is 13.0 Å². The zero-order valence-electron chi connectivity index (χ0n) is 19.8. The van der Waals surface area contributed by atoms with E-state index >= 15 is 0 Å². The molecular formula is C22H33N7O7. The molecule has 0 spiro atoms. The third kappa shape index (κ3) is 11.3. The largest absolute Gasteiger partial charge is 0.481 e. The first-order valence-electron chi connectivity index (χ1n) is 11.1. The predicted octanol–water partition coefficient (Wildman–Crippen LogP) is -2.36. The molecule has 4 atom stereocenters. The first kappa shape index (κ1) is 29.8. The maximum atomic E-state index is 12.9. The molecule has 0 aliphatic heterocycles. The van der Waals surface area contributed by atoms with Crippen LogP contribution in [0.1, 0.15) is 31.7 Å². The van der Waals surface area contributed by atoms with Gasteiger partial charge in [0.2, 0.25) is 17.7 Å². The summed E-state index contributed by atoms with van der Waals surface area (Å²) < 4.78 is 0. The summed E-state index contributed by atoms with van der Waals surface area (Å²) in [7, 11) is 0. The van der Waals surface area contributed by atoms with Crippen molar-refractivity contribution in [3.05, 3.63) is 35.9 Å². The van der Waals surface area contributed by atoms with Gasteiger partial charge in [-0.15, -0.1) is 0 Å². The maximum Gasteiger partial charge on any atom is 0.326 e. The minimum absolute atomic E-state index is 0.0368. The lowest BCUT2D eigenvalue weighted by Gasteiger charge is -2.23. The Labute approximate surface area is 207 Å². The summed E-state index contributed by atoms with van der Waals surface area (Å²) in [5.74, 6) is -5.03. The minimum Gasteiger partial charge on any atom is -0.481 e. The molecule has 0 aromatic heterocycles. The number of carboxylic acids is 2. The van der Waals surface area contributed by atoms with Crippen LogP contribution in [0.2, 0.25) is 0 Å². The SMILES string of the molecule is CC(NC(=O)C(Cc1ccccc1)NC(=O)C(N)CC(=O)O)C(=O)NC(CCCN=C(N)N)C(=O)O. The van der Waals surface area contributed by atoms with Gasteiger partial charge in [0.1, 0.15) is 18.1 Å². The number of hydrogen-bond donors (Lipinski definition) is 8. The molecule has 0 fully saturated rings. The van der Waals surface area contributed by atoms with Gasteiger partial charge in [-0.2, -0.15) is 0 Å². The molecular weight excluding hydrogens is 474 g/mol. The molecule has 0 saturated heterocycles. The number of aliphatic carboxylic acids is 2. The topological polar surface area (TPSA) is 252 Å². The number of carboxylic acid groups (broad SMARTS) is 2. The van der Waals surface area contributed by atoms with Crippen LogP contribution in [0.3, 0.4) is 0 Å². The third-order valence-electron chi connectivity index (χ3n) is 4.96. The molecule has 0 aliphatic carbocycles. The number of hydrogen-bond acceptors (Lipinski definition) is 7. The molecule has 0 aliphatic rings. The molecule has 11 N–H and O–H groups in total. The molecule has 3 amide bonds. The maximum absolute atomic E-state index is 12.9. The van der Waals surface area contributed by atoms with Crippen LogP contribution < -0.4 is 33.2 Å². The lowest BCUT2D eigenvalue weighted by Crippen LogP contribution is -2.57. The van der Waals surface area contributed by atoms with E-state index in [1.54, 1.807) is 30.3 Å². The zero-order valence-corrected chi connectivity index (χ0v) is 19.8. The molecule has 14 nitrogen and oxygen atoms in total. The van der Waals surface area contributed by atoms with Gasteiger partial charge in [0.05, 0.1) is 12.5 Å². The quantitative estimate of drug-likeness (QED) is 0.0712. The molecule has 0 saturated carbocycles. The standard InChI is InChI=1S/C22H33N7O7/c1-12(18(32)28-15(21(35)36)8-5-9-26-22(24)25)27-20(34)16(10-13-6-3-2-4-7-13)29-19(33)14(23)11-17(30)31/h2-4,6-7,12,14-16H,5,8-11,23H2,1H3,(H,27,34)(H,28,32)(H,29,33)(H,30,31)(H,35,36)(H4,24,25,26). The van der Waals surface area contributed by atoms with E-state index in [0.717, 1.165) is 0 Å². The second-order valence-electron chi connectivity index (χ2n) is 8.03. The molecule has 1 aromatic carbocycles. The molecule has 0 radical (unpaired) electrons. The zero-order chi connectivity index (χ0) is 27.3. The minimum atomic E-state index is -1.38. The van der Waals surface area contributed by atoms with Gasteiger partial charge >= 0.3 is 11.9 Å². The van der Waals surface area contributed by atoms with Gasteiger partial charge in [0.15, 0.2) is 5.96 Å². The predicted molar refractivity (Wildman–Crippen MR) is 129 cm³/mol. The van der Waals surface area contributed by atoms with Gasteiger partial charge < -0.3 is 43.4 Å². The van der Waals surface area contributed by atoms with E-state index in [1.165, 1.54) is 6.92 Å². The van der Waals surface area contributed by atoms with Crippen molar-refractivity contribution in [2.75, 3.05) is 6.54 Å². The highest BCUT2D eigenvalue weighted by Gasteiger charge is 2.29. The van der Waals surface area contributed by atoms with Crippen LogP contribution in [0.25, 0.3) is 0 Å². The van der Waals surface area contributed by atoms with Crippen LogP contribution in [0, 0.1) is 0 Å². The number of aliphatic imine (C=N–C) groups is 1. The molecule has 198 valence electrons. The van der Waals surface area contributed by atoms with Crippen LogP contribution in [-0.2, 0) is 30.4 Å². The summed E-state index contributed by atoms with van der Waals surface area (Å²) in [5.41, 5.74) is 16.7. The van der Waals surface area contributed by atoms with Crippen molar-refractivity contribution in [2.24, 2.45) is 22.2 Å². The molecule has 4 unspecified atom stereocenters. The Balaban J connectivity index is 2.85. The second-order valence-corrected chi connectivity index (χ2v) is 8.03. The van der Waals surface area contributed by atoms with Crippen LogP contribution in [0.4, 0.5) is 0 Å². The highest BCUT2D eigenvalue weighted by molar-refractivity contribution is 5.94. The average molecular weight is 508 g/mol. The van der Waals surface area contributed by atoms with Crippen molar-refractivity contribution in [3.8, 4) is 0 Å². The van der Waals surface area contributed by atoms with Gasteiger partial charge in [-0.05, 0) is 25.3 Å². The number of carbonyl (C=O) groups is 5. The number of benzene rings is 1. The molecule has 14 heteroatoms. The van der Waals surface area contributed by atoms with Crippen molar-refractivity contribution in [1.29, 1.82) is 0 Å². The number of guanidine groups is 1. The monoisotopic (exact) mass is 507 g/mol. The summed E-state index contributed by atoms with van der Waals surface area (Å²) in [6.07, 6.45) is -0.260. The highest BCUT2D eigenvalue weighted by Crippen LogP contribution is 2.05. The van der Waals surface area contributed by atoms with E-state index in [1.807, 2.05) is 0 Å². The Hall–Kier alpha value is -4.20. The fourth-order valence-corrected chi connectivity index (χ4v) is 3.06. The number of rotatable bonds is 15. The third-order valence-corrected chi connectivity index (χ3v) is 4.96. The summed E-state index contributed by atoms with van der Waals surface area (Å²) in [5, 5.41) is 25.4. The summed E-state index contributed by atoms with van der Waals surface area (Å²) in [6, 6.07) is 3.73. The van der Waals surface area contributed by atoms with Crippen molar-refractivity contribution >= 4 is 35.6 Å². The second kappa shape index (κ2) is 14.9. The van der Waals surface area contributed by atoms with E-state index < -0.39 is 60.2 Å². The fraction of sp³-hybridized carbons (Fsp3) is 0.455. The number of nitrogens with two attached hydrogens (primary N) is 3. The number of amides is 3. The molecule has 0 heterocycles. The lowest BCUT2D eigenvalue weighted by molar-refractivity contribution is -0.142. The van der Waals surface area contributed by atoms with Crippen molar-refractivity contribution in [2.45, 2.75) is 56.8 Å². The molecule has 1 aromatic rings. The number of carbonyl (C=O) groups excluding carboxylic acids is 3. The van der Waals surface area contributed by atoms with Gasteiger partial charge in [0.25, 0.3) is 0 Å². The highest BCUT2D eigenvalue weighted by atomic mass is 16.4. The van der Waals surface area contributed by atoms with Crippen molar-refractivity contribution in [3.63, 3.8) is 0 Å². The van der Waals surface area contributed by atoms with Crippen molar-refractivity contribution < 1.29 is 34.2 Å². The van der Waals surface area contributed by atoms with Crippen LogP contribution in [0.15, 0.2) is 35.3 Å². The van der Waals surface area contributed by atoms with Gasteiger partial charge in [-0.3, -0.25) is 24.2 Å². The Morgan fingerprint density at radius 3 is 2.08 bits per heavy atom. The average Bonchev–Trinajstić information content (AvgIpc) is 2.80. The van der Waals surface area contributed by atoms with E-state index in [-0.39, 0.29) is 31.8 Å². The summed E-state index contributed by atoms with van der Waals surface area (Å²) in [6.45, 7) is 1.53. The Kier molecular flexibility index (Phi) is 12.4. The molecule has 0 bridgehead atoms. The van der Waals surface area contributed by atoms with E-state index in [9.17, 15) is 29.1 Å². The van der Waals surface area contributed by atoms with Gasteiger partial charge in [-0.1, -0.05) is 30.3 Å².